The van der Waals surface area contributed by atoms with Crippen LogP contribution in [0, 0.1) is 12.3 Å². The third-order valence-electron chi connectivity index (χ3n) is 3.42. The van der Waals surface area contributed by atoms with E-state index in [1.807, 2.05) is 12.1 Å². The predicted molar refractivity (Wildman–Crippen MR) is 91.5 cm³/mol. The second-order valence-electron chi connectivity index (χ2n) is 7.07. The van der Waals surface area contributed by atoms with Crippen molar-refractivity contribution in [2.24, 2.45) is 5.41 Å². The van der Waals surface area contributed by atoms with Gasteiger partial charge >= 0.3 is 0 Å². The molecule has 1 heterocycles. The predicted octanol–water partition coefficient (Wildman–Crippen LogP) is 2.92. The standard InChI is InChI=1S/C18H25N3O3/c1-13-19-20-16(24-13)14-7-5-8-15(11-14)17(23)21(9-6-10-22)12-18(2,3)4/h5,7-8,11,22H,6,9-10,12H2,1-4H3. The van der Waals surface area contributed by atoms with Crippen LogP contribution in [0.15, 0.2) is 28.7 Å². The van der Waals surface area contributed by atoms with Crippen molar-refractivity contribution in [1.29, 1.82) is 0 Å². The van der Waals surface area contributed by atoms with Crippen molar-refractivity contribution in [3.8, 4) is 11.5 Å². The summed E-state index contributed by atoms with van der Waals surface area (Å²) >= 11 is 0. The van der Waals surface area contributed by atoms with Crippen molar-refractivity contribution in [1.82, 2.24) is 15.1 Å². The van der Waals surface area contributed by atoms with E-state index in [2.05, 4.69) is 31.0 Å². The molecule has 0 aliphatic rings. The number of benzene rings is 1. The van der Waals surface area contributed by atoms with Gasteiger partial charge in [0.25, 0.3) is 5.91 Å². The van der Waals surface area contributed by atoms with Gasteiger partial charge in [-0.05, 0) is 30.0 Å². The van der Waals surface area contributed by atoms with Gasteiger partial charge in [0, 0.05) is 37.7 Å². The average molecular weight is 331 g/mol. The second kappa shape index (κ2) is 7.57. The van der Waals surface area contributed by atoms with Crippen LogP contribution >= 0.6 is 0 Å². The summed E-state index contributed by atoms with van der Waals surface area (Å²) in [5.74, 6) is 0.829. The number of hydrogen-bond donors (Lipinski definition) is 1. The largest absolute Gasteiger partial charge is 0.421 e. The molecule has 24 heavy (non-hydrogen) atoms. The number of aromatic nitrogens is 2. The average Bonchev–Trinajstić information content (AvgIpc) is 2.96. The first-order valence-corrected chi connectivity index (χ1v) is 8.11. The molecule has 6 heteroatoms. The second-order valence-corrected chi connectivity index (χ2v) is 7.07. The molecule has 0 spiro atoms. The van der Waals surface area contributed by atoms with Crippen LogP contribution < -0.4 is 0 Å². The Labute approximate surface area is 142 Å². The summed E-state index contributed by atoms with van der Waals surface area (Å²) in [5.41, 5.74) is 1.27. The van der Waals surface area contributed by atoms with Crippen LogP contribution in [0.1, 0.15) is 43.4 Å². The first kappa shape index (κ1) is 18.1. The van der Waals surface area contributed by atoms with Gasteiger partial charge in [0.15, 0.2) is 0 Å². The molecule has 1 N–H and O–H groups in total. The van der Waals surface area contributed by atoms with Crippen LogP contribution in [0.5, 0.6) is 0 Å². The van der Waals surface area contributed by atoms with Gasteiger partial charge in [-0.25, -0.2) is 0 Å². The van der Waals surface area contributed by atoms with Crippen LogP contribution in [-0.4, -0.2) is 45.8 Å². The van der Waals surface area contributed by atoms with E-state index in [0.717, 1.165) is 5.56 Å². The molecule has 0 bridgehead atoms. The summed E-state index contributed by atoms with van der Waals surface area (Å²) in [6, 6.07) is 7.20. The molecule has 130 valence electrons. The number of aryl methyl sites for hydroxylation is 1. The van der Waals surface area contributed by atoms with Crippen LogP contribution in [0.25, 0.3) is 11.5 Å². The molecule has 0 saturated heterocycles. The maximum Gasteiger partial charge on any atom is 0.253 e. The van der Waals surface area contributed by atoms with Crippen LogP contribution in [-0.2, 0) is 0 Å². The number of aliphatic hydroxyl groups is 1. The Bertz CT molecular complexity index is 689. The Morgan fingerprint density at radius 3 is 2.62 bits per heavy atom. The third kappa shape index (κ3) is 4.89. The van der Waals surface area contributed by atoms with E-state index in [-0.39, 0.29) is 17.9 Å². The molecular weight excluding hydrogens is 306 g/mol. The normalized spacial score (nSPS) is 11.5. The van der Waals surface area contributed by atoms with Crippen molar-refractivity contribution >= 4 is 5.91 Å². The Morgan fingerprint density at radius 2 is 2.04 bits per heavy atom. The minimum absolute atomic E-state index is 0.0215. The molecule has 0 atom stereocenters. The van der Waals surface area contributed by atoms with Crippen LogP contribution in [0.4, 0.5) is 0 Å². The van der Waals surface area contributed by atoms with Gasteiger partial charge in [0.1, 0.15) is 0 Å². The molecular formula is C18H25N3O3. The van der Waals surface area contributed by atoms with Gasteiger partial charge in [-0.2, -0.15) is 0 Å². The van der Waals surface area contributed by atoms with E-state index in [4.69, 9.17) is 9.52 Å². The Kier molecular flexibility index (Phi) is 5.72. The molecule has 0 unspecified atom stereocenters. The van der Waals surface area contributed by atoms with Crippen molar-refractivity contribution in [3.63, 3.8) is 0 Å². The third-order valence-corrected chi connectivity index (χ3v) is 3.42. The number of amides is 1. The van der Waals surface area contributed by atoms with Gasteiger partial charge in [-0.15, -0.1) is 10.2 Å². The molecule has 0 aliphatic heterocycles. The lowest BCUT2D eigenvalue weighted by Crippen LogP contribution is -2.38. The maximum atomic E-state index is 12.9. The molecule has 1 aromatic carbocycles. The number of nitrogens with zero attached hydrogens (tertiary/aromatic N) is 3. The summed E-state index contributed by atoms with van der Waals surface area (Å²) < 4.78 is 5.43. The molecule has 2 aromatic rings. The van der Waals surface area contributed by atoms with Crippen LogP contribution in [0.2, 0.25) is 0 Å². The van der Waals surface area contributed by atoms with E-state index >= 15 is 0 Å². The molecule has 2 rings (SSSR count). The van der Waals surface area contributed by atoms with E-state index in [1.165, 1.54) is 0 Å². The summed E-state index contributed by atoms with van der Waals surface area (Å²) in [7, 11) is 0. The molecule has 0 radical (unpaired) electrons. The molecule has 1 amide bonds. The minimum atomic E-state index is -0.0588. The Hall–Kier alpha value is -2.21. The number of carbonyl (C=O) groups is 1. The number of rotatable bonds is 6. The lowest BCUT2D eigenvalue weighted by Gasteiger charge is -2.30. The highest BCUT2D eigenvalue weighted by Crippen LogP contribution is 2.22. The van der Waals surface area contributed by atoms with Crippen LogP contribution in [0.3, 0.4) is 0 Å². The Morgan fingerprint density at radius 1 is 1.29 bits per heavy atom. The van der Waals surface area contributed by atoms with Crippen molar-refractivity contribution < 1.29 is 14.3 Å². The smallest absolute Gasteiger partial charge is 0.253 e. The zero-order valence-corrected chi connectivity index (χ0v) is 14.7. The molecule has 6 nitrogen and oxygen atoms in total. The monoisotopic (exact) mass is 331 g/mol. The zero-order chi connectivity index (χ0) is 17.7. The van der Waals surface area contributed by atoms with Crippen molar-refractivity contribution in [2.75, 3.05) is 19.7 Å². The first-order chi connectivity index (χ1) is 11.3. The summed E-state index contributed by atoms with van der Waals surface area (Å²) in [4.78, 5) is 14.7. The fraction of sp³-hybridized carbons (Fsp3) is 0.500. The Balaban J connectivity index is 2.25. The van der Waals surface area contributed by atoms with Crippen molar-refractivity contribution in [2.45, 2.75) is 34.1 Å². The molecule has 1 aromatic heterocycles. The van der Waals surface area contributed by atoms with E-state index in [0.29, 0.717) is 36.9 Å². The van der Waals surface area contributed by atoms with E-state index in [9.17, 15) is 4.79 Å². The lowest BCUT2D eigenvalue weighted by atomic mass is 9.95. The van der Waals surface area contributed by atoms with Crippen molar-refractivity contribution in [3.05, 3.63) is 35.7 Å². The zero-order valence-electron chi connectivity index (χ0n) is 14.7. The molecule has 0 saturated carbocycles. The van der Waals surface area contributed by atoms with Gasteiger partial charge in [0.05, 0.1) is 0 Å². The summed E-state index contributed by atoms with van der Waals surface area (Å²) in [6.45, 7) is 9.20. The highest BCUT2D eigenvalue weighted by Gasteiger charge is 2.22. The number of aliphatic hydroxyl groups excluding tert-OH is 1. The number of hydrogen-bond acceptors (Lipinski definition) is 5. The highest BCUT2D eigenvalue weighted by atomic mass is 16.4. The summed E-state index contributed by atoms with van der Waals surface area (Å²) in [6.07, 6.45) is 0.560. The first-order valence-electron chi connectivity index (χ1n) is 8.11. The molecule has 0 fully saturated rings. The van der Waals surface area contributed by atoms with Gasteiger partial charge < -0.3 is 14.4 Å². The minimum Gasteiger partial charge on any atom is -0.421 e. The van der Waals surface area contributed by atoms with Gasteiger partial charge in [-0.3, -0.25) is 4.79 Å². The summed E-state index contributed by atoms with van der Waals surface area (Å²) in [5, 5.41) is 16.9. The lowest BCUT2D eigenvalue weighted by molar-refractivity contribution is 0.0682. The van der Waals surface area contributed by atoms with E-state index in [1.54, 1.807) is 24.0 Å². The topological polar surface area (TPSA) is 79.5 Å². The molecule has 0 aliphatic carbocycles. The SMILES string of the molecule is Cc1nnc(-c2cccc(C(=O)N(CCCO)CC(C)(C)C)c2)o1. The maximum absolute atomic E-state index is 12.9. The number of carbonyl (C=O) groups excluding carboxylic acids is 1. The highest BCUT2D eigenvalue weighted by molar-refractivity contribution is 5.95. The van der Waals surface area contributed by atoms with Gasteiger partial charge in [0.2, 0.25) is 11.8 Å². The van der Waals surface area contributed by atoms with Gasteiger partial charge in [-0.1, -0.05) is 26.8 Å². The quantitative estimate of drug-likeness (QED) is 0.880. The fourth-order valence-corrected chi connectivity index (χ4v) is 2.47. The fourth-order valence-electron chi connectivity index (χ4n) is 2.47. The van der Waals surface area contributed by atoms with E-state index < -0.39 is 0 Å².